The van der Waals surface area contributed by atoms with Crippen LogP contribution in [-0.2, 0) is 12.7 Å². The first-order valence-electron chi connectivity index (χ1n) is 10.6. The number of hydrogen-bond acceptors (Lipinski definition) is 2. The SMILES string of the molecule is CC1CC2(C1)CC(NC(=O)c1cncc3ccn(Cc4ccc(C(F)(F)F)cc4)c13)C2. The molecule has 2 saturated carbocycles. The lowest BCUT2D eigenvalue weighted by Crippen LogP contribution is -2.55. The third-order valence-corrected chi connectivity index (χ3v) is 6.80. The number of benzene rings is 1. The molecule has 0 aliphatic heterocycles. The fourth-order valence-corrected chi connectivity index (χ4v) is 5.55. The predicted molar refractivity (Wildman–Crippen MR) is 112 cm³/mol. The van der Waals surface area contributed by atoms with Gasteiger partial charge in [0.1, 0.15) is 0 Å². The number of nitrogens with one attached hydrogen (secondary N) is 1. The van der Waals surface area contributed by atoms with Crippen molar-refractivity contribution in [2.45, 2.75) is 51.4 Å². The quantitative estimate of drug-likeness (QED) is 0.605. The maximum atomic E-state index is 13.0. The molecular formula is C24H24F3N3O. The van der Waals surface area contributed by atoms with Crippen molar-refractivity contribution in [1.82, 2.24) is 14.9 Å². The van der Waals surface area contributed by atoms with Gasteiger partial charge in [-0.15, -0.1) is 0 Å². The molecule has 2 fully saturated rings. The summed E-state index contributed by atoms with van der Waals surface area (Å²) in [4.78, 5) is 17.2. The zero-order chi connectivity index (χ0) is 21.8. The van der Waals surface area contributed by atoms with E-state index in [1.165, 1.54) is 25.0 Å². The molecule has 2 aliphatic rings. The van der Waals surface area contributed by atoms with Crippen LogP contribution in [0.25, 0.3) is 10.9 Å². The van der Waals surface area contributed by atoms with Crippen LogP contribution in [0.1, 0.15) is 54.1 Å². The Hall–Kier alpha value is -2.83. The molecule has 7 heteroatoms. The minimum absolute atomic E-state index is 0.141. The van der Waals surface area contributed by atoms with Crippen molar-refractivity contribution in [2.75, 3.05) is 0 Å². The number of alkyl halides is 3. The van der Waals surface area contributed by atoms with Crippen molar-refractivity contribution >= 4 is 16.8 Å². The number of fused-ring (bicyclic) bond motifs is 1. The van der Waals surface area contributed by atoms with Gasteiger partial charge >= 0.3 is 6.18 Å². The van der Waals surface area contributed by atoms with Crippen LogP contribution >= 0.6 is 0 Å². The summed E-state index contributed by atoms with van der Waals surface area (Å²) in [6.07, 6.45) is 5.35. The van der Waals surface area contributed by atoms with Gasteiger partial charge in [-0.05, 0) is 60.8 Å². The number of amides is 1. The van der Waals surface area contributed by atoms with E-state index in [2.05, 4.69) is 17.2 Å². The molecule has 2 heterocycles. The second-order valence-corrected chi connectivity index (χ2v) is 9.36. The van der Waals surface area contributed by atoms with Crippen molar-refractivity contribution in [3.05, 3.63) is 65.6 Å². The summed E-state index contributed by atoms with van der Waals surface area (Å²) in [5.41, 5.74) is 1.76. The first-order valence-corrected chi connectivity index (χ1v) is 10.6. The molecule has 162 valence electrons. The fourth-order valence-electron chi connectivity index (χ4n) is 5.55. The molecule has 0 atom stereocenters. The molecule has 31 heavy (non-hydrogen) atoms. The predicted octanol–water partition coefficient (Wildman–Crippen LogP) is 5.41. The largest absolute Gasteiger partial charge is 0.416 e. The van der Waals surface area contributed by atoms with Crippen molar-refractivity contribution < 1.29 is 18.0 Å². The van der Waals surface area contributed by atoms with E-state index < -0.39 is 11.7 Å². The van der Waals surface area contributed by atoms with E-state index in [4.69, 9.17) is 0 Å². The first-order chi connectivity index (χ1) is 14.7. The summed E-state index contributed by atoms with van der Waals surface area (Å²) in [5, 5.41) is 3.98. The van der Waals surface area contributed by atoms with Crippen LogP contribution in [0, 0.1) is 11.3 Å². The molecular weight excluding hydrogens is 403 g/mol. The van der Waals surface area contributed by atoms with Gasteiger partial charge in [-0.2, -0.15) is 13.2 Å². The highest BCUT2D eigenvalue weighted by atomic mass is 19.4. The van der Waals surface area contributed by atoms with Crippen LogP contribution in [0.3, 0.4) is 0 Å². The molecule has 0 radical (unpaired) electrons. The summed E-state index contributed by atoms with van der Waals surface area (Å²) in [5.74, 6) is 0.653. The third kappa shape index (κ3) is 3.70. The summed E-state index contributed by atoms with van der Waals surface area (Å²) in [7, 11) is 0. The lowest BCUT2D eigenvalue weighted by molar-refractivity contribution is -0.137. The van der Waals surface area contributed by atoms with E-state index in [1.54, 1.807) is 12.4 Å². The van der Waals surface area contributed by atoms with Crippen LogP contribution in [0.5, 0.6) is 0 Å². The zero-order valence-electron chi connectivity index (χ0n) is 17.2. The van der Waals surface area contributed by atoms with Crippen LogP contribution in [0.4, 0.5) is 13.2 Å². The Labute approximate surface area is 178 Å². The number of nitrogens with zero attached hydrogens (tertiary/aromatic N) is 2. The molecule has 4 nitrogen and oxygen atoms in total. The van der Waals surface area contributed by atoms with Crippen LogP contribution in [-0.4, -0.2) is 21.5 Å². The molecule has 1 amide bonds. The van der Waals surface area contributed by atoms with Gasteiger partial charge in [0.15, 0.2) is 0 Å². The molecule has 0 unspecified atom stereocenters. The van der Waals surface area contributed by atoms with Crippen LogP contribution < -0.4 is 5.32 Å². The number of hydrogen-bond donors (Lipinski definition) is 1. The lowest BCUT2D eigenvalue weighted by Gasteiger charge is -2.57. The van der Waals surface area contributed by atoms with Crippen molar-refractivity contribution in [3.63, 3.8) is 0 Å². The van der Waals surface area contributed by atoms with Gasteiger partial charge in [0.05, 0.1) is 16.6 Å². The van der Waals surface area contributed by atoms with Gasteiger partial charge in [0.25, 0.3) is 5.91 Å². The molecule has 2 aromatic heterocycles. The van der Waals surface area contributed by atoms with Crippen molar-refractivity contribution in [2.24, 2.45) is 11.3 Å². The van der Waals surface area contributed by atoms with Gasteiger partial charge in [-0.1, -0.05) is 19.1 Å². The average molecular weight is 427 g/mol. The average Bonchev–Trinajstić information content (AvgIpc) is 3.08. The number of pyridine rings is 1. The fraction of sp³-hybridized carbons (Fsp3) is 0.417. The first kappa shape index (κ1) is 20.1. The Bertz CT molecular complexity index is 1120. The Balaban J connectivity index is 1.34. The van der Waals surface area contributed by atoms with Crippen LogP contribution in [0.2, 0.25) is 0 Å². The molecule has 0 bridgehead atoms. The molecule has 1 spiro atoms. The highest BCUT2D eigenvalue weighted by Gasteiger charge is 2.51. The standard InChI is InChI=1S/C24H24F3N3O/c1-15-8-23(9-15)10-19(11-23)29-22(31)20-13-28-12-17-6-7-30(21(17)20)14-16-2-4-18(5-3-16)24(25,26)27/h2-7,12-13,15,19H,8-11,14H2,1H3,(H,29,31). The van der Waals surface area contributed by atoms with Crippen LogP contribution in [0.15, 0.2) is 48.9 Å². The number of halogens is 3. The molecule has 1 N–H and O–H groups in total. The van der Waals surface area contributed by atoms with E-state index in [1.807, 2.05) is 16.8 Å². The van der Waals surface area contributed by atoms with E-state index >= 15 is 0 Å². The van der Waals surface area contributed by atoms with Crippen molar-refractivity contribution in [3.8, 4) is 0 Å². The number of carbonyl (C=O) groups excluding carboxylic acids is 1. The molecule has 5 rings (SSSR count). The highest BCUT2D eigenvalue weighted by molar-refractivity contribution is 6.05. The summed E-state index contributed by atoms with van der Waals surface area (Å²) in [6.45, 7) is 2.64. The van der Waals surface area contributed by atoms with Gasteiger partial charge < -0.3 is 9.88 Å². The maximum absolute atomic E-state index is 13.0. The second kappa shape index (κ2) is 7.11. The topological polar surface area (TPSA) is 46.9 Å². The smallest absolute Gasteiger partial charge is 0.349 e. The normalized spacial score (nSPS) is 25.3. The number of rotatable bonds is 4. The Morgan fingerprint density at radius 3 is 2.48 bits per heavy atom. The minimum Gasteiger partial charge on any atom is -0.349 e. The van der Waals surface area contributed by atoms with Gasteiger partial charge in [0, 0.05) is 36.6 Å². The Morgan fingerprint density at radius 2 is 1.84 bits per heavy atom. The molecule has 2 aliphatic carbocycles. The van der Waals surface area contributed by atoms with E-state index in [-0.39, 0.29) is 11.9 Å². The molecule has 3 aromatic rings. The van der Waals surface area contributed by atoms with Crippen molar-refractivity contribution in [1.29, 1.82) is 0 Å². The molecule has 1 aromatic carbocycles. The van der Waals surface area contributed by atoms with E-state index in [0.717, 1.165) is 47.4 Å². The zero-order valence-corrected chi connectivity index (χ0v) is 17.2. The van der Waals surface area contributed by atoms with Gasteiger partial charge in [0.2, 0.25) is 0 Å². The highest BCUT2D eigenvalue weighted by Crippen LogP contribution is 2.58. The lowest BCUT2D eigenvalue weighted by atomic mass is 9.50. The van der Waals surface area contributed by atoms with Gasteiger partial charge in [-0.25, -0.2) is 0 Å². The maximum Gasteiger partial charge on any atom is 0.416 e. The Kier molecular flexibility index (Phi) is 4.61. The van der Waals surface area contributed by atoms with Gasteiger partial charge in [-0.3, -0.25) is 9.78 Å². The number of aromatic nitrogens is 2. The molecule has 0 saturated heterocycles. The van der Waals surface area contributed by atoms with E-state index in [0.29, 0.717) is 17.5 Å². The Morgan fingerprint density at radius 1 is 1.13 bits per heavy atom. The van der Waals surface area contributed by atoms with E-state index in [9.17, 15) is 18.0 Å². The summed E-state index contributed by atoms with van der Waals surface area (Å²) in [6, 6.07) is 7.20. The monoisotopic (exact) mass is 427 g/mol. The second-order valence-electron chi connectivity index (χ2n) is 9.36. The minimum atomic E-state index is -4.35. The third-order valence-electron chi connectivity index (χ3n) is 6.80. The number of carbonyl (C=O) groups is 1. The summed E-state index contributed by atoms with van der Waals surface area (Å²) < 4.78 is 40.4. The summed E-state index contributed by atoms with van der Waals surface area (Å²) >= 11 is 0.